The summed E-state index contributed by atoms with van der Waals surface area (Å²) in [5.41, 5.74) is 1.01. The number of hydrogen-bond acceptors (Lipinski definition) is 8. The lowest BCUT2D eigenvalue weighted by molar-refractivity contribution is -0.136. The van der Waals surface area contributed by atoms with Crippen LogP contribution in [0.25, 0.3) is 6.08 Å². The average Bonchev–Trinajstić information content (AvgIpc) is 2.79. The lowest BCUT2D eigenvalue weighted by atomic mass is 10.1. The van der Waals surface area contributed by atoms with E-state index in [0.717, 1.165) is 0 Å². The molecule has 0 bridgehead atoms. The molecule has 0 amide bonds. The molecule has 0 spiro atoms. The summed E-state index contributed by atoms with van der Waals surface area (Å²) in [6, 6.07) is 8.22. The minimum atomic E-state index is -0.658. The predicted molar refractivity (Wildman–Crippen MR) is 108 cm³/mol. The lowest BCUT2D eigenvalue weighted by Gasteiger charge is -2.18. The number of Topliss-reactive ketones (excluding diaryl/α,β-unsaturated/α-hetero) is 1. The minimum Gasteiger partial charge on any atom is -0.493 e. The fourth-order valence-corrected chi connectivity index (χ4v) is 2.85. The molecule has 1 aliphatic heterocycles. The van der Waals surface area contributed by atoms with Crippen molar-refractivity contribution in [1.29, 1.82) is 0 Å². The van der Waals surface area contributed by atoms with Gasteiger partial charge in [0.15, 0.2) is 35.4 Å². The molecule has 2 aromatic carbocycles. The molecule has 0 radical (unpaired) electrons. The fraction of sp³-hybridized carbons (Fsp3) is 0.273. The summed E-state index contributed by atoms with van der Waals surface area (Å²) in [6.07, 6.45) is 2.75. The predicted octanol–water partition coefficient (Wildman–Crippen LogP) is 2.92. The second kappa shape index (κ2) is 9.69. The van der Waals surface area contributed by atoms with E-state index in [4.69, 9.17) is 28.4 Å². The number of methoxy groups -OCH3 is 3. The summed E-state index contributed by atoms with van der Waals surface area (Å²) in [6.45, 7) is 0.500. The topological polar surface area (TPSA) is 89.5 Å². The van der Waals surface area contributed by atoms with Crippen LogP contribution in [0.3, 0.4) is 0 Å². The highest BCUT2D eigenvalue weighted by Crippen LogP contribution is 2.38. The molecule has 0 N–H and O–H groups in total. The van der Waals surface area contributed by atoms with Crippen LogP contribution in [0.4, 0.5) is 0 Å². The maximum absolute atomic E-state index is 12.3. The Morgan fingerprint density at radius 1 is 0.933 bits per heavy atom. The van der Waals surface area contributed by atoms with Crippen molar-refractivity contribution in [3.63, 3.8) is 0 Å². The highest BCUT2D eigenvalue weighted by molar-refractivity contribution is 5.99. The van der Waals surface area contributed by atoms with Crippen LogP contribution < -0.4 is 23.7 Å². The number of carbonyl (C=O) groups is 2. The molecule has 158 valence electrons. The van der Waals surface area contributed by atoms with E-state index in [2.05, 4.69) is 0 Å². The van der Waals surface area contributed by atoms with Crippen LogP contribution in [0.2, 0.25) is 0 Å². The van der Waals surface area contributed by atoms with E-state index >= 15 is 0 Å². The summed E-state index contributed by atoms with van der Waals surface area (Å²) in [5.74, 6) is 1.45. The molecule has 0 saturated carbocycles. The third-order valence-corrected chi connectivity index (χ3v) is 4.31. The molecule has 2 aromatic rings. The van der Waals surface area contributed by atoms with Gasteiger partial charge in [-0.1, -0.05) is 0 Å². The Morgan fingerprint density at radius 2 is 1.60 bits per heavy atom. The van der Waals surface area contributed by atoms with Gasteiger partial charge in [0, 0.05) is 11.6 Å². The molecule has 0 fully saturated rings. The first-order valence-corrected chi connectivity index (χ1v) is 9.13. The number of carbonyl (C=O) groups excluding carboxylic acids is 2. The van der Waals surface area contributed by atoms with E-state index in [1.54, 1.807) is 30.3 Å². The molecule has 0 unspecified atom stereocenters. The maximum atomic E-state index is 12.3. The number of fused-ring (bicyclic) bond motifs is 1. The first-order valence-electron chi connectivity index (χ1n) is 9.13. The van der Waals surface area contributed by atoms with Gasteiger partial charge in [-0.05, 0) is 42.0 Å². The zero-order valence-corrected chi connectivity index (χ0v) is 16.9. The largest absolute Gasteiger partial charge is 0.493 e. The summed E-state index contributed by atoms with van der Waals surface area (Å²) < 4.78 is 31.7. The maximum Gasteiger partial charge on any atom is 0.331 e. The van der Waals surface area contributed by atoms with Gasteiger partial charge in [0.1, 0.15) is 13.2 Å². The van der Waals surface area contributed by atoms with Crippen molar-refractivity contribution in [3.8, 4) is 28.7 Å². The van der Waals surface area contributed by atoms with Gasteiger partial charge in [-0.25, -0.2) is 4.79 Å². The third kappa shape index (κ3) is 4.83. The van der Waals surface area contributed by atoms with E-state index in [-0.39, 0.29) is 5.78 Å². The van der Waals surface area contributed by atoms with Crippen molar-refractivity contribution < 1.29 is 38.0 Å². The second-order valence-corrected chi connectivity index (χ2v) is 6.18. The van der Waals surface area contributed by atoms with Crippen LogP contribution in [-0.2, 0) is 9.53 Å². The van der Waals surface area contributed by atoms with E-state index in [0.29, 0.717) is 53.1 Å². The van der Waals surface area contributed by atoms with Gasteiger partial charge in [0.2, 0.25) is 5.75 Å². The molecule has 8 nitrogen and oxygen atoms in total. The van der Waals surface area contributed by atoms with E-state index in [1.165, 1.54) is 33.5 Å². The van der Waals surface area contributed by atoms with Gasteiger partial charge in [-0.15, -0.1) is 0 Å². The van der Waals surface area contributed by atoms with Crippen LogP contribution in [-0.4, -0.2) is 52.9 Å². The number of ketones is 1. The first-order chi connectivity index (χ1) is 14.5. The van der Waals surface area contributed by atoms with E-state index < -0.39 is 12.6 Å². The van der Waals surface area contributed by atoms with Crippen LogP contribution in [0.15, 0.2) is 36.4 Å². The van der Waals surface area contributed by atoms with Gasteiger partial charge in [0.25, 0.3) is 0 Å². The Labute approximate surface area is 173 Å². The number of benzene rings is 2. The summed E-state index contributed by atoms with van der Waals surface area (Å²) in [5, 5.41) is 0. The van der Waals surface area contributed by atoms with E-state index in [9.17, 15) is 9.59 Å². The minimum absolute atomic E-state index is 0.346. The Bertz CT molecular complexity index is 939. The average molecular weight is 414 g/mol. The molecule has 0 atom stereocenters. The molecule has 1 heterocycles. The molecule has 3 rings (SSSR count). The Balaban J connectivity index is 1.62. The standard InChI is InChI=1S/C22H22O8/c1-25-19-10-14(11-20(26-2)22(19)27-3)4-7-21(24)30-13-16(23)15-5-6-17-18(12-15)29-9-8-28-17/h4-7,10-12H,8-9,13H2,1-3H3/b7-4+. The monoisotopic (exact) mass is 414 g/mol. The molecule has 8 heteroatoms. The van der Waals surface area contributed by atoms with Gasteiger partial charge in [-0.2, -0.15) is 0 Å². The van der Waals surface area contributed by atoms with Gasteiger partial charge < -0.3 is 28.4 Å². The molecule has 0 aliphatic carbocycles. The number of hydrogen-bond donors (Lipinski definition) is 0. The smallest absolute Gasteiger partial charge is 0.331 e. The number of esters is 1. The second-order valence-electron chi connectivity index (χ2n) is 6.18. The highest BCUT2D eigenvalue weighted by Gasteiger charge is 2.16. The third-order valence-electron chi connectivity index (χ3n) is 4.31. The molecular formula is C22H22O8. The first kappa shape index (κ1) is 21.0. The van der Waals surface area contributed by atoms with Crippen molar-refractivity contribution in [3.05, 3.63) is 47.5 Å². The number of rotatable bonds is 8. The molecule has 30 heavy (non-hydrogen) atoms. The van der Waals surface area contributed by atoms with Crippen molar-refractivity contribution in [2.45, 2.75) is 0 Å². The zero-order valence-electron chi connectivity index (χ0n) is 16.9. The Kier molecular flexibility index (Phi) is 6.79. The van der Waals surface area contributed by atoms with Crippen LogP contribution in [0, 0.1) is 0 Å². The number of ether oxygens (including phenoxy) is 6. The van der Waals surface area contributed by atoms with Crippen LogP contribution in [0.5, 0.6) is 28.7 Å². The van der Waals surface area contributed by atoms with Gasteiger partial charge >= 0.3 is 5.97 Å². The fourth-order valence-electron chi connectivity index (χ4n) is 2.85. The quantitative estimate of drug-likeness (QED) is 0.370. The van der Waals surface area contributed by atoms with Crippen molar-refractivity contribution >= 4 is 17.8 Å². The lowest BCUT2D eigenvalue weighted by Crippen LogP contribution is -2.17. The van der Waals surface area contributed by atoms with Crippen molar-refractivity contribution in [2.75, 3.05) is 41.2 Å². The van der Waals surface area contributed by atoms with Crippen molar-refractivity contribution in [2.24, 2.45) is 0 Å². The molecule has 0 saturated heterocycles. The SMILES string of the molecule is COc1cc(/C=C/C(=O)OCC(=O)c2ccc3c(c2)OCCO3)cc(OC)c1OC. The normalized spacial score (nSPS) is 12.4. The summed E-state index contributed by atoms with van der Waals surface area (Å²) in [4.78, 5) is 24.3. The summed E-state index contributed by atoms with van der Waals surface area (Å²) in [7, 11) is 4.51. The zero-order chi connectivity index (χ0) is 21.5. The van der Waals surface area contributed by atoms with Gasteiger partial charge in [0.05, 0.1) is 21.3 Å². The highest BCUT2D eigenvalue weighted by atomic mass is 16.6. The van der Waals surface area contributed by atoms with E-state index in [1.807, 2.05) is 0 Å². The molecule has 1 aliphatic rings. The van der Waals surface area contributed by atoms with Crippen LogP contribution >= 0.6 is 0 Å². The van der Waals surface area contributed by atoms with Crippen LogP contribution in [0.1, 0.15) is 15.9 Å². The summed E-state index contributed by atoms with van der Waals surface area (Å²) >= 11 is 0. The van der Waals surface area contributed by atoms with Crippen molar-refractivity contribution in [1.82, 2.24) is 0 Å². The Hall–Kier alpha value is -3.68. The Morgan fingerprint density at radius 3 is 2.23 bits per heavy atom. The van der Waals surface area contributed by atoms with Gasteiger partial charge in [-0.3, -0.25) is 4.79 Å². The molecular weight excluding hydrogens is 392 g/mol. The molecule has 0 aromatic heterocycles.